The molecular formula is C26H25N5O2. The number of nitrogens with two attached hydrogens (primary N) is 1. The lowest BCUT2D eigenvalue weighted by Gasteiger charge is -2.32. The number of nitrogens with zero attached hydrogens (tertiary/aromatic N) is 4. The number of hydrogen-bond acceptors (Lipinski definition) is 5. The van der Waals surface area contributed by atoms with Gasteiger partial charge in [0.2, 0.25) is 5.91 Å². The Hall–Kier alpha value is -4.13. The van der Waals surface area contributed by atoms with Gasteiger partial charge in [-0.3, -0.25) is 4.79 Å². The predicted octanol–water partition coefficient (Wildman–Crippen LogP) is 4.82. The van der Waals surface area contributed by atoms with Crippen molar-refractivity contribution >= 4 is 22.6 Å². The van der Waals surface area contributed by atoms with Crippen LogP contribution in [0.5, 0.6) is 11.5 Å². The summed E-state index contributed by atoms with van der Waals surface area (Å²) in [6.45, 7) is 4.92. The Morgan fingerprint density at radius 1 is 1.09 bits per heavy atom. The molecular weight excluding hydrogens is 414 g/mol. The smallest absolute Gasteiger partial charge is 0.246 e. The SMILES string of the molecule is C=CC(=O)N1CCC[C@H](n2nc(-c3ccc(Oc4ccccc4)cc3)c3c(N)ccnc32)C1. The van der Waals surface area contributed by atoms with E-state index in [1.54, 1.807) is 12.3 Å². The summed E-state index contributed by atoms with van der Waals surface area (Å²) in [7, 11) is 0. The molecule has 0 aliphatic carbocycles. The van der Waals surface area contributed by atoms with E-state index < -0.39 is 0 Å². The molecule has 0 radical (unpaired) electrons. The predicted molar refractivity (Wildman–Crippen MR) is 129 cm³/mol. The molecule has 1 amide bonds. The van der Waals surface area contributed by atoms with E-state index in [1.165, 1.54) is 6.08 Å². The van der Waals surface area contributed by atoms with E-state index >= 15 is 0 Å². The van der Waals surface area contributed by atoms with E-state index in [4.69, 9.17) is 15.6 Å². The number of piperidine rings is 1. The number of ether oxygens (including phenoxy) is 1. The molecule has 2 aromatic carbocycles. The van der Waals surface area contributed by atoms with Gasteiger partial charge in [-0.15, -0.1) is 0 Å². The first-order chi connectivity index (χ1) is 16.1. The molecule has 1 saturated heterocycles. The third-order valence-corrected chi connectivity index (χ3v) is 5.96. The lowest BCUT2D eigenvalue weighted by Crippen LogP contribution is -2.40. The Balaban J connectivity index is 1.50. The zero-order valence-electron chi connectivity index (χ0n) is 18.2. The van der Waals surface area contributed by atoms with Gasteiger partial charge in [0.15, 0.2) is 5.65 Å². The summed E-state index contributed by atoms with van der Waals surface area (Å²) in [5.41, 5.74) is 9.42. The van der Waals surface area contributed by atoms with Crippen molar-refractivity contribution in [3.63, 3.8) is 0 Å². The summed E-state index contributed by atoms with van der Waals surface area (Å²) in [5.74, 6) is 1.47. The first kappa shape index (κ1) is 20.8. The Morgan fingerprint density at radius 2 is 1.85 bits per heavy atom. The second-order valence-electron chi connectivity index (χ2n) is 8.12. The fourth-order valence-electron chi connectivity index (χ4n) is 4.33. The maximum atomic E-state index is 12.2. The van der Waals surface area contributed by atoms with Crippen LogP contribution in [-0.4, -0.2) is 38.7 Å². The number of benzene rings is 2. The van der Waals surface area contributed by atoms with Gasteiger partial charge in [0.1, 0.15) is 17.2 Å². The normalized spacial score (nSPS) is 16.0. The highest BCUT2D eigenvalue weighted by Gasteiger charge is 2.27. The van der Waals surface area contributed by atoms with Gasteiger partial charge in [0, 0.05) is 30.5 Å². The number of nitrogen functional groups attached to an aromatic ring is 1. The van der Waals surface area contributed by atoms with Crippen LogP contribution in [0.4, 0.5) is 5.69 Å². The standard InChI is InChI=1S/C26H25N5O2/c1-2-23(32)30-16-6-7-19(17-30)31-26-24(22(27)14-15-28-26)25(29-31)18-10-12-21(13-11-18)33-20-8-4-3-5-9-20/h2-5,8-15,19H,1,6-7,16-17H2,(H2,27,28)/t19-/m0/s1. The van der Waals surface area contributed by atoms with Crippen LogP contribution in [0.2, 0.25) is 0 Å². The van der Waals surface area contributed by atoms with Crippen LogP contribution in [0.3, 0.4) is 0 Å². The van der Waals surface area contributed by atoms with E-state index in [2.05, 4.69) is 11.6 Å². The van der Waals surface area contributed by atoms with E-state index in [0.29, 0.717) is 12.2 Å². The Morgan fingerprint density at radius 3 is 2.61 bits per heavy atom. The summed E-state index contributed by atoms with van der Waals surface area (Å²) >= 11 is 0. The third-order valence-electron chi connectivity index (χ3n) is 5.96. The minimum absolute atomic E-state index is 0.0221. The van der Waals surface area contributed by atoms with Crippen LogP contribution < -0.4 is 10.5 Å². The number of anilines is 1. The molecule has 2 N–H and O–H groups in total. The number of hydrogen-bond donors (Lipinski definition) is 1. The molecule has 3 heterocycles. The van der Waals surface area contributed by atoms with Gasteiger partial charge in [-0.05, 0) is 61.4 Å². The maximum absolute atomic E-state index is 12.2. The van der Waals surface area contributed by atoms with Crippen LogP contribution in [0.1, 0.15) is 18.9 Å². The van der Waals surface area contributed by atoms with Crippen molar-refractivity contribution in [1.82, 2.24) is 19.7 Å². The van der Waals surface area contributed by atoms with Crippen LogP contribution in [0.15, 0.2) is 79.5 Å². The fourth-order valence-corrected chi connectivity index (χ4v) is 4.33. The van der Waals surface area contributed by atoms with Gasteiger partial charge in [0.25, 0.3) is 0 Å². The molecule has 1 atom stereocenters. The highest BCUT2D eigenvalue weighted by molar-refractivity contribution is 5.99. The summed E-state index contributed by atoms with van der Waals surface area (Å²) in [5, 5.41) is 5.77. The molecule has 7 heteroatoms. The number of aromatic nitrogens is 3. The first-order valence-corrected chi connectivity index (χ1v) is 11.0. The number of amides is 1. The highest BCUT2D eigenvalue weighted by atomic mass is 16.5. The lowest BCUT2D eigenvalue weighted by atomic mass is 10.1. The number of fused-ring (bicyclic) bond motifs is 1. The summed E-state index contributed by atoms with van der Waals surface area (Å²) in [4.78, 5) is 18.6. The number of carbonyl (C=O) groups excluding carboxylic acids is 1. The molecule has 4 aromatic rings. The molecule has 1 aliphatic rings. The van der Waals surface area contributed by atoms with Crippen molar-refractivity contribution in [2.75, 3.05) is 18.8 Å². The van der Waals surface area contributed by atoms with Gasteiger partial charge in [-0.25, -0.2) is 9.67 Å². The van der Waals surface area contributed by atoms with Gasteiger partial charge in [-0.2, -0.15) is 5.10 Å². The average molecular weight is 440 g/mol. The van der Waals surface area contributed by atoms with E-state index in [0.717, 1.165) is 53.2 Å². The highest BCUT2D eigenvalue weighted by Crippen LogP contribution is 2.35. The Kier molecular flexibility index (Phi) is 5.52. The van der Waals surface area contributed by atoms with Crippen molar-refractivity contribution in [2.24, 2.45) is 0 Å². The van der Waals surface area contributed by atoms with Gasteiger partial charge >= 0.3 is 0 Å². The number of pyridine rings is 1. The number of carbonyl (C=O) groups is 1. The van der Waals surface area contributed by atoms with E-state index in [1.807, 2.05) is 64.2 Å². The van der Waals surface area contributed by atoms with Crippen molar-refractivity contribution in [1.29, 1.82) is 0 Å². The zero-order chi connectivity index (χ0) is 22.8. The molecule has 33 heavy (non-hydrogen) atoms. The minimum atomic E-state index is -0.0575. The van der Waals surface area contributed by atoms with Crippen molar-refractivity contribution in [3.8, 4) is 22.8 Å². The third kappa shape index (κ3) is 4.05. The molecule has 0 spiro atoms. The molecule has 0 bridgehead atoms. The molecule has 5 rings (SSSR count). The monoisotopic (exact) mass is 439 g/mol. The van der Waals surface area contributed by atoms with E-state index in [9.17, 15) is 4.79 Å². The molecule has 1 fully saturated rings. The summed E-state index contributed by atoms with van der Waals surface area (Å²) in [6, 6.07) is 19.3. The Labute approximate surface area is 192 Å². The number of rotatable bonds is 5. The minimum Gasteiger partial charge on any atom is -0.457 e. The molecule has 0 saturated carbocycles. The van der Waals surface area contributed by atoms with Gasteiger partial charge in [-0.1, -0.05) is 24.8 Å². The summed E-state index contributed by atoms with van der Waals surface area (Å²) in [6.07, 6.45) is 4.88. The summed E-state index contributed by atoms with van der Waals surface area (Å²) < 4.78 is 7.85. The molecule has 1 aliphatic heterocycles. The van der Waals surface area contributed by atoms with Crippen molar-refractivity contribution in [2.45, 2.75) is 18.9 Å². The number of para-hydroxylation sites is 1. The average Bonchev–Trinajstić information content (AvgIpc) is 3.26. The van der Waals surface area contributed by atoms with Gasteiger partial charge < -0.3 is 15.4 Å². The molecule has 2 aromatic heterocycles. The largest absolute Gasteiger partial charge is 0.457 e. The quantitative estimate of drug-likeness (QED) is 0.451. The van der Waals surface area contributed by atoms with Crippen LogP contribution in [0.25, 0.3) is 22.3 Å². The fraction of sp³-hybridized carbons (Fsp3) is 0.192. The van der Waals surface area contributed by atoms with E-state index in [-0.39, 0.29) is 11.9 Å². The van der Waals surface area contributed by atoms with Crippen LogP contribution in [-0.2, 0) is 4.79 Å². The Bertz CT molecular complexity index is 1300. The molecule has 166 valence electrons. The van der Waals surface area contributed by atoms with Crippen LogP contribution in [0, 0.1) is 0 Å². The second-order valence-corrected chi connectivity index (χ2v) is 8.12. The lowest BCUT2D eigenvalue weighted by molar-refractivity contribution is -0.127. The zero-order valence-corrected chi connectivity index (χ0v) is 18.2. The van der Waals surface area contributed by atoms with Gasteiger partial charge in [0.05, 0.1) is 11.4 Å². The number of likely N-dealkylation sites (tertiary alicyclic amines) is 1. The van der Waals surface area contributed by atoms with Crippen LogP contribution >= 0.6 is 0 Å². The van der Waals surface area contributed by atoms with Crippen molar-refractivity contribution < 1.29 is 9.53 Å². The second kappa shape index (κ2) is 8.78. The maximum Gasteiger partial charge on any atom is 0.246 e. The topological polar surface area (TPSA) is 86.3 Å². The first-order valence-electron chi connectivity index (χ1n) is 11.0. The molecule has 0 unspecified atom stereocenters. The molecule has 7 nitrogen and oxygen atoms in total. The van der Waals surface area contributed by atoms with Crippen molar-refractivity contribution in [3.05, 3.63) is 79.5 Å².